The number of aromatic amines is 1. The predicted octanol–water partition coefficient (Wildman–Crippen LogP) is -0.312. The predicted molar refractivity (Wildman–Crippen MR) is 63.7 cm³/mol. The number of aromatic nitrogens is 3. The fourth-order valence-electron chi connectivity index (χ4n) is 1.23. The van der Waals surface area contributed by atoms with Crippen LogP contribution in [0.25, 0.3) is 0 Å². The molecule has 7 heteroatoms. The molecule has 0 spiro atoms. The smallest absolute Gasteiger partial charge is 0.327 e. The van der Waals surface area contributed by atoms with Crippen LogP contribution < -0.4 is 16.9 Å². The largest absolute Gasteiger partial charge is 0.339 e. The third-order valence-corrected chi connectivity index (χ3v) is 3.25. The van der Waals surface area contributed by atoms with Crippen LogP contribution in [0.4, 0.5) is 0 Å². The molecule has 0 aromatic carbocycles. The van der Waals surface area contributed by atoms with Crippen LogP contribution in [0.2, 0.25) is 0 Å². The average Bonchev–Trinajstić information content (AvgIpc) is 2.22. The highest BCUT2D eigenvalue weighted by atomic mass is 32.2. The number of hydrogen-bond donors (Lipinski definition) is 2. The molecule has 1 unspecified atom stereocenters. The Labute approximate surface area is 97.2 Å². The molecule has 0 bridgehead atoms. The third kappa shape index (κ3) is 3.49. The molecule has 3 N–H and O–H groups in total. The van der Waals surface area contributed by atoms with Gasteiger partial charge in [0.25, 0.3) is 0 Å². The molecule has 0 aliphatic heterocycles. The molecule has 1 rings (SSSR count). The summed E-state index contributed by atoms with van der Waals surface area (Å²) < 4.78 is 1.44. The number of H-pyrrole nitrogens is 1. The lowest BCUT2D eigenvalue weighted by molar-refractivity contribution is 0.593. The number of thioether (sulfide) groups is 1. The first-order valence-electron chi connectivity index (χ1n) is 5.10. The van der Waals surface area contributed by atoms with Crippen LogP contribution in [0.15, 0.2) is 14.7 Å². The summed E-state index contributed by atoms with van der Waals surface area (Å²) in [6, 6.07) is 0.0823. The number of rotatable bonds is 5. The minimum Gasteiger partial charge on any atom is -0.327 e. The van der Waals surface area contributed by atoms with E-state index in [1.165, 1.54) is 16.4 Å². The van der Waals surface area contributed by atoms with E-state index in [2.05, 4.69) is 17.0 Å². The summed E-state index contributed by atoms with van der Waals surface area (Å²) in [6.07, 6.45) is 1.96. The van der Waals surface area contributed by atoms with Gasteiger partial charge in [0.2, 0.25) is 0 Å². The normalized spacial score (nSPS) is 12.7. The zero-order chi connectivity index (χ0) is 12.1. The maximum absolute atomic E-state index is 11.0. The Morgan fingerprint density at radius 1 is 1.56 bits per heavy atom. The molecule has 0 amide bonds. The summed E-state index contributed by atoms with van der Waals surface area (Å²) in [7, 11) is 1.64. The van der Waals surface area contributed by atoms with Crippen LogP contribution in [0.5, 0.6) is 0 Å². The van der Waals surface area contributed by atoms with Crippen molar-refractivity contribution in [3.8, 4) is 0 Å². The SMILES string of the molecule is CCCC(N)CSc1nc(=O)c(=O)[nH]n1C. The van der Waals surface area contributed by atoms with E-state index in [0.29, 0.717) is 10.9 Å². The molecule has 0 radical (unpaired) electrons. The fraction of sp³-hybridized carbons (Fsp3) is 0.667. The van der Waals surface area contributed by atoms with Gasteiger partial charge >= 0.3 is 11.1 Å². The number of aryl methyl sites for hydroxylation is 1. The molecule has 1 heterocycles. The maximum atomic E-state index is 11.0. The van der Waals surface area contributed by atoms with Crippen molar-refractivity contribution < 1.29 is 0 Å². The lowest BCUT2D eigenvalue weighted by Gasteiger charge is -2.10. The lowest BCUT2D eigenvalue weighted by atomic mass is 10.2. The van der Waals surface area contributed by atoms with Gasteiger partial charge in [-0.25, -0.2) is 0 Å². The Kier molecular flexibility index (Phi) is 4.75. The lowest BCUT2D eigenvalue weighted by Crippen LogP contribution is -2.34. The Bertz CT molecular complexity index is 454. The van der Waals surface area contributed by atoms with Gasteiger partial charge < -0.3 is 5.73 Å². The van der Waals surface area contributed by atoms with Crippen LogP contribution in [0.3, 0.4) is 0 Å². The number of nitrogens with two attached hydrogens (primary N) is 1. The van der Waals surface area contributed by atoms with Gasteiger partial charge in [0.15, 0.2) is 5.16 Å². The standard InChI is InChI=1S/C9H16N4O2S/c1-3-4-6(10)5-16-9-11-7(14)8(15)12-13(9)2/h6H,3-5,10H2,1-2H3,(H,12,15). The Hall–Kier alpha value is -1.08. The zero-order valence-corrected chi connectivity index (χ0v) is 10.2. The second kappa shape index (κ2) is 5.86. The number of hydrogen-bond acceptors (Lipinski definition) is 5. The molecule has 1 aromatic rings. The van der Waals surface area contributed by atoms with E-state index in [4.69, 9.17) is 5.73 Å². The highest BCUT2D eigenvalue weighted by molar-refractivity contribution is 7.99. The summed E-state index contributed by atoms with van der Waals surface area (Å²) in [5.41, 5.74) is 4.38. The van der Waals surface area contributed by atoms with Gasteiger partial charge in [-0.3, -0.25) is 19.4 Å². The Morgan fingerprint density at radius 3 is 2.88 bits per heavy atom. The zero-order valence-electron chi connectivity index (χ0n) is 9.40. The molecular formula is C9H16N4O2S. The van der Waals surface area contributed by atoms with Gasteiger partial charge in [0.05, 0.1) is 0 Å². The van der Waals surface area contributed by atoms with E-state index in [1.807, 2.05) is 0 Å². The summed E-state index contributed by atoms with van der Waals surface area (Å²) >= 11 is 1.37. The van der Waals surface area contributed by atoms with E-state index >= 15 is 0 Å². The molecule has 0 saturated heterocycles. The van der Waals surface area contributed by atoms with Gasteiger partial charge in [0.1, 0.15) is 0 Å². The van der Waals surface area contributed by atoms with E-state index in [-0.39, 0.29) is 6.04 Å². The second-order valence-corrected chi connectivity index (χ2v) is 4.55. The van der Waals surface area contributed by atoms with Crippen molar-refractivity contribution in [1.82, 2.24) is 14.8 Å². The van der Waals surface area contributed by atoms with Crippen LogP contribution in [0, 0.1) is 0 Å². The average molecular weight is 244 g/mol. The third-order valence-electron chi connectivity index (χ3n) is 2.03. The highest BCUT2D eigenvalue weighted by Gasteiger charge is 2.07. The molecular weight excluding hydrogens is 228 g/mol. The molecule has 0 aliphatic rings. The van der Waals surface area contributed by atoms with Crippen molar-refractivity contribution >= 4 is 11.8 Å². The molecule has 0 fully saturated rings. The molecule has 16 heavy (non-hydrogen) atoms. The highest BCUT2D eigenvalue weighted by Crippen LogP contribution is 2.13. The van der Waals surface area contributed by atoms with E-state index < -0.39 is 11.1 Å². The van der Waals surface area contributed by atoms with Gasteiger partial charge in [-0.05, 0) is 6.42 Å². The molecule has 6 nitrogen and oxygen atoms in total. The van der Waals surface area contributed by atoms with Gasteiger partial charge in [0, 0.05) is 18.8 Å². The van der Waals surface area contributed by atoms with Crippen molar-refractivity contribution in [3.05, 3.63) is 20.7 Å². The van der Waals surface area contributed by atoms with E-state index in [9.17, 15) is 9.59 Å². The van der Waals surface area contributed by atoms with Crippen molar-refractivity contribution in [2.24, 2.45) is 12.8 Å². The summed E-state index contributed by atoms with van der Waals surface area (Å²) in [5.74, 6) is 0.681. The van der Waals surface area contributed by atoms with Crippen molar-refractivity contribution in [2.45, 2.75) is 31.0 Å². The number of nitrogens with one attached hydrogen (secondary N) is 1. The molecule has 0 aliphatic carbocycles. The monoisotopic (exact) mass is 244 g/mol. The van der Waals surface area contributed by atoms with Crippen LogP contribution in [0.1, 0.15) is 19.8 Å². The van der Waals surface area contributed by atoms with Crippen LogP contribution in [-0.4, -0.2) is 26.6 Å². The topological polar surface area (TPSA) is 93.8 Å². The van der Waals surface area contributed by atoms with E-state index in [1.54, 1.807) is 7.05 Å². The van der Waals surface area contributed by atoms with Crippen molar-refractivity contribution in [3.63, 3.8) is 0 Å². The van der Waals surface area contributed by atoms with Crippen LogP contribution in [-0.2, 0) is 7.05 Å². The first kappa shape index (κ1) is 13.0. The van der Waals surface area contributed by atoms with Gasteiger partial charge in [-0.1, -0.05) is 25.1 Å². The summed E-state index contributed by atoms with van der Waals surface area (Å²) in [6.45, 7) is 2.07. The molecule has 0 saturated carbocycles. The quantitative estimate of drug-likeness (QED) is 0.547. The van der Waals surface area contributed by atoms with Crippen molar-refractivity contribution in [1.29, 1.82) is 0 Å². The number of nitrogens with zero attached hydrogens (tertiary/aromatic N) is 2. The second-order valence-electron chi connectivity index (χ2n) is 3.56. The maximum Gasteiger partial charge on any atom is 0.339 e. The Morgan fingerprint density at radius 2 is 2.25 bits per heavy atom. The summed E-state index contributed by atoms with van der Waals surface area (Å²) in [5, 5.41) is 2.87. The minimum absolute atomic E-state index is 0.0823. The summed E-state index contributed by atoms with van der Waals surface area (Å²) in [4.78, 5) is 25.7. The first-order chi connectivity index (χ1) is 7.54. The van der Waals surface area contributed by atoms with Gasteiger partial charge in [-0.15, -0.1) is 0 Å². The van der Waals surface area contributed by atoms with Gasteiger partial charge in [-0.2, -0.15) is 4.98 Å². The molecule has 90 valence electrons. The van der Waals surface area contributed by atoms with Crippen LogP contribution >= 0.6 is 11.8 Å². The minimum atomic E-state index is -0.760. The molecule has 1 aromatic heterocycles. The van der Waals surface area contributed by atoms with Crippen molar-refractivity contribution in [2.75, 3.05) is 5.75 Å². The fourth-order valence-corrected chi connectivity index (χ4v) is 2.14. The molecule has 1 atom stereocenters. The van der Waals surface area contributed by atoms with E-state index in [0.717, 1.165) is 12.8 Å². The Balaban J connectivity index is 2.71. The first-order valence-corrected chi connectivity index (χ1v) is 6.09.